The smallest absolute Gasteiger partial charge is 0.240 e. The molecule has 0 rings (SSSR count). The summed E-state index contributed by atoms with van der Waals surface area (Å²) >= 11 is 0. The Balaban J connectivity index is 4.06. The molecule has 1 atom stereocenters. The zero-order valence-electron chi connectivity index (χ0n) is 24.5. The van der Waals surface area contributed by atoms with Gasteiger partial charge < -0.3 is 37.6 Å². The highest BCUT2D eigenvalue weighted by molar-refractivity contribution is 5.93. The Kier molecular flexibility index (Phi) is 21.9. The standard InChI is InChI=1S/C27H49N7O7/c1-3-5-6-7-8-9-10-11-12-13-14-29-22(36)15-20(27(28)41)34-26(40)19-33-25(39)18-32-24(38)17-31-23(37)16-30-21(35)4-2/h20H,3-19H2,1-2H3,(H2,28,41)(H,29,36)(H,30,35)(H,31,37)(H,32,38)(H,33,39)(H,34,40). The van der Waals surface area contributed by atoms with E-state index in [1.54, 1.807) is 6.92 Å². The summed E-state index contributed by atoms with van der Waals surface area (Å²) in [6.45, 7) is 2.65. The van der Waals surface area contributed by atoms with Gasteiger partial charge in [-0.15, -0.1) is 0 Å². The van der Waals surface area contributed by atoms with Crippen LogP contribution in [0.1, 0.15) is 90.9 Å². The quantitative estimate of drug-likeness (QED) is 0.0721. The predicted octanol–water partition coefficient (Wildman–Crippen LogP) is -0.741. The summed E-state index contributed by atoms with van der Waals surface area (Å²) in [7, 11) is 0. The normalized spacial score (nSPS) is 11.1. The third kappa shape index (κ3) is 22.8. The summed E-state index contributed by atoms with van der Waals surface area (Å²) in [6.07, 6.45) is 11.6. The molecule has 234 valence electrons. The molecule has 0 radical (unpaired) electrons. The topological polar surface area (TPSA) is 218 Å². The zero-order valence-corrected chi connectivity index (χ0v) is 24.5. The van der Waals surface area contributed by atoms with Crippen LogP contribution in [-0.2, 0) is 33.6 Å². The van der Waals surface area contributed by atoms with Crippen molar-refractivity contribution in [1.82, 2.24) is 31.9 Å². The number of primary amides is 1. The molecule has 14 heteroatoms. The van der Waals surface area contributed by atoms with Crippen LogP contribution in [0, 0.1) is 0 Å². The summed E-state index contributed by atoms with van der Waals surface area (Å²) in [4.78, 5) is 82.2. The fraction of sp³-hybridized carbons (Fsp3) is 0.741. The molecule has 1 unspecified atom stereocenters. The lowest BCUT2D eigenvalue weighted by Crippen LogP contribution is -2.50. The Hall–Kier alpha value is -3.71. The number of hydrogen-bond donors (Lipinski definition) is 7. The average Bonchev–Trinajstić information content (AvgIpc) is 2.94. The molecule has 0 aromatic carbocycles. The van der Waals surface area contributed by atoms with Crippen LogP contribution in [0.4, 0.5) is 0 Å². The second-order valence-electron chi connectivity index (χ2n) is 9.72. The average molecular weight is 584 g/mol. The first-order chi connectivity index (χ1) is 19.6. The van der Waals surface area contributed by atoms with Gasteiger partial charge >= 0.3 is 0 Å². The van der Waals surface area contributed by atoms with E-state index in [2.05, 4.69) is 38.8 Å². The lowest BCUT2D eigenvalue weighted by Gasteiger charge is -2.16. The van der Waals surface area contributed by atoms with E-state index in [4.69, 9.17) is 5.73 Å². The highest BCUT2D eigenvalue weighted by Gasteiger charge is 2.21. The predicted molar refractivity (Wildman–Crippen MR) is 153 cm³/mol. The van der Waals surface area contributed by atoms with E-state index in [1.165, 1.54) is 44.9 Å². The van der Waals surface area contributed by atoms with Gasteiger partial charge in [-0.25, -0.2) is 0 Å². The van der Waals surface area contributed by atoms with Crippen molar-refractivity contribution >= 4 is 41.4 Å². The minimum absolute atomic E-state index is 0.221. The van der Waals surface area contributed by atoms with E-state index in [0.29, 0.717) is 6.54 Å². The van der Waals surface area contributed by atoms with Gasteiger partial charge in [0, 0.05) is 13.0 Å². The Labute approximate surface area is 242 Å². The van der Waals surface area contributed by atoms with E-state index >= 15 is 0 Å². The SMILES string of the molecule is CCCCCCCCCCCCNC(=O)CC(NC(=O)CNC(=O)CNC(=O)CNC(=O)CNC(=O)CC)C(N)=O. The minimum Gasteiger partial charge on any atom is -0.368 e. The number of nitrogens with two attached hydrogens (primary N) is 1. The number of carbonyl (C=O) groups excluding carboxylic acids is 7. The van der Waals surface area contributed by atoms with E-state index in [0.717, 1.165) is 19.3 Å². The van der Waals surface area contributed by atoms with E-state index < -0.39 is 61.1 Å². The Bertz CT molecular complexity index is 852. The van der Waals surface area contributed by atoms with Crippen molar-refractivity contribution < 1.29 is 33.6 Å². The van der Waals surface area contributed by atoms with Crippen LogP contribution in [-0.4, -0.2) is 80.1 Å². The van der Waals surface area contributed by atoms with Crippen LogP contribution < -0.4 is 37.6 Å². The van der Waals surface area contributed by atoms with Crippen LogP contribution in [0.15, 0.2) is 0 Å². The van der Waals surface area contributed by atoms with Gasteiger partial charge in [-0.3, -0.25) is 33.6 Å². The van der Waals surface area contributed by atoms with Gasteiger partial charge in [-0.05, 0) is 6.42 Å². The van der Waals surface area contributed by atoms with Gasteiger partial charge in [0.05, 0.1) is 32.6 Å². The molecule has 0 saturated heterocycles. The molecule has 8 N–H and O–H groups in total. The minimum atomic E-state index is -1.24. The molecule has 41 heavy (non-hydrogen) atoms. The number of nitrogens with one attached hydrogen (secondary N) is 6. The molecule has 0 aliphatic rings. The monoisotopic (exact) mass is 583 g/mol. The van der Waals surface area contributed by atoms with E-state index in [-0.39, 0.29) is 25.3 Å². The molecule has 0 aliphatic carbocycles. The molecule has 0 bridgehead atoms. The van der Waals surface area contributed by atoms with Crippen molar-refractivity contribution in [1.29, 1.82) is 0 Å². The molecule has 0 fully saturated rings. The maximum Gasteiger partial charge on any atom is 0.240 e. The van der Waals surface area contributed by atoms with Crippen LogP contribution in [0.3, 0.4) is 0 Å². The fourth-order valence-electron chi connectivity index (χ4n) is 3.59. The highest BCUT2D eigenvalue weighted by Crippen LogP contribution is 2.10. The Morgan fingerprint density at radius 1 is 0.512 bits per heavy atom. The number of hydrogen-bond acceptors (Lipinski definition) is 7. The van der Waals surface area contributed by atoms with Crippen LogP contribution >= 0.6 is 0 Å². The van der Waals surface area contributed by atoms with Gasteiger partial charge in [0.15, 0.2) is 0 Å². The van der Waals surface area contributed by atoms with Crippen LogP contribution in [0.25, 0.3) is 0 Å². The van der Waals surface area contributed by atoms with Crippen molar-refractivity contribution in [2.45, 2.75) is 96.9 Å². The molecule has 0 aromatic heterocycles. The van der Waals surface area contributed by atoms with Crippen molar-refractivity contribution in [2.75, 3.05) is 32.7 Å². The summed E-state index contributed by atoms with van der Waals surface area (Å²) in [5.41, 5.74) is 5.30. The third-order valence-electron chi connectivity index (χ3n) is 6.03. The van der Waals surface area contributed by atoms with Crippen LogP contribution in [0.2, 0.25) is 0 Å². The van der Waals surface area contributed by atoms with E-state index in [1.807, 2.05) is 0 Å². The van der Waals surface area contributed by atoms with E-state index in [9.17, 15) is 33.6 Å². The highest BCUT2D eigenvalue weighted by atomic mass is 16.2. The number of unbranched alkanes of at least 4 members (excludes halogenated alkanes) is 9. The molecule has 0 aromatic rings. The molecular weight excluding hydrogens is 534 g/mol. The third-order valence-corrected chi connectivity index (χ3v) is 6.03. The van der Waals surface area contributed by atoms with Gasteiger partial charge in [0.25, 0.3) is 0 Å². The maximum atomic E-state index is 12.2. The molecule has 0 aliphatic heterocycles. The fourth-order valence-corrected chi connectivity index (χ4v) is 3.59. The largest absolute Gasteiger partial charge is 0.368 e. The molecule has 7 amide bonds. The Morgan fingerprint density at radius 2 is 0.927 bits per heavy atom. The molecule has 0 heterocycles. The second kappa shape index (κ2) is 24.1. The molecule has 0 spiro atoms. The molecule has 0 saturated carbocycles. The Morgan fingerprint density at radius 3 is 1.37 bits per heavy atom. The molecule has 14 nitrogen and oxygen atoms in total. The summed E-state index contributed by atoms with van der Waals surface area (Å²) in [5.74, 6) is -4.27. The van der Waals surface area contributed by atoms with Gasteiger partial charge in [-0.1, -0.05) is 71.6 Å². The summed E-state index contributed by atoms with van der Waals surface area (Å²) < 4.78 is 0. The van der Waals surface area contributed by atoms with Crippen LogP contribution in [0.5, 0.6) is 0 Å². The molecular formula is C27H49N7O7. The first kappa shape index (κ1) is 37.3. The number of rotatable bonds is 24. The lowest BCUT2D eigenvalue weighted by atomic mass is 10.1. The lowest BCUT2D eigenvalue weighted by molar-refractivity contribution is -0.131. The van der Waals surface area contributed by atoms with Gasteiger partial charge in [0.2, 0.25) is 41.4 Å². The van der Waals surface area contributed by atoms with Crippen molar-refractivity contribution in [3.8, 4) is 0 Å². The van der Waals surface area contributed by atoms with Gasteiger partial charge in [0.1, 0.15) is 6.04 Å². The first-order valence-electron chi connectivity index (χ1n) is 14.5. The summed E-state index contributed by atoms with van der Waals surface area (Å²) in [6, 6.07) is -1.24. The first-order valence-corrected chi connectivity index (χ1v) is 14.5. The van der Waals surface area contributed by atoms with Crippen molar-refractivity contribution in [3.05, 3.63) is 0 Å². The van der Waals surface area contributed by atoms with Crippen molar-refractivity contribution in [3.63, 3.8) is 0 Å². The summed E-state index contributed by atoms with van der Waals surface area (Å²) in [5, 5.41) is 14.2. The maximum absolute atomic E-state index is 12.2. The number of carbonyl (C=O) groups is 7. The zero-order chi connectivity index (χ0) is 30.9. The van der Waals surface area contributed by atoms with Gasteiger partial charge in [-0.2, -0.15) is 0 Å². The van der Waals surface area contributed by atoms with Crippen molar-refractivity contribution in [2.24, 2.45) is 5.73 Å². The number of amides is 7. The second-order valence-corrected chi connectivity index (χ2v) is 9.72.